The molecule has 0 bridgehead atoms. The van der Waals surface area contributed by atoms with E-state index in [1.165, 1.54) is 44.6 Å². The van der Waals surface area contributed by atoms with Crippen LogP contribution in [0.2, 0.25) is 0 Å². The van der Waals surface area contributed by atoms with E-state index >= 15 is 0 Å². The van der Waals surface area contributed by atoms with Crippen LogP contribution < -0.4 is 10.6 Å². The number of nitrogens with zero attached hydrogens (tertiary/aromatic N) is 1. The fourth-order valence-corrected chi connectivity index (χ4v) is 4.08. The smallest absolute Gasteiger partial charge is 0.242 e. The van der Waals surface area contributed by atoms with E-state index in [4.69, 9.17) is 4.74 Å². The topological polar surface area (TPSA) is 53.6 Å². The van der Waals surface area contributed by atoms with Crippen LogP contribution in [0.1, 0.15) is 50.1 Å². The summed E-state index contributed by atoms with van der Waals surface area (Å²) in [6, 6.07) is 6.53. The van der Waals surface area contributed by atoms with Gasteiger partial charge in [-0.05, 0) is 18.9 Å². The lowest BCUT2D eigenvalue weighted by atomic mass is 10.0. The molecule has 166 valence electrons. The van der Waals surface area contributed by atoms with Crippen molar-refractivity contribution in [3.8, 4) is 0 Å². The Kier molecular flexibility index (Phi) is 12.7. The maximum absolute atomic E-state index is 14.4. The summed E-state index contributed by atoms with van der Waals surface area (Å²) in [5, 5.41) is 6.57. The predicted octanol–water partition coefficient (Wildman–Crippen LogP) is 3.47. The third kappa shape index (κ3) is 8.02. The van der Waals surface area contributed by atoms with E-state index in [0.29, 0.717) is 44.5 Å². The van der Waals surface area contributed by atoms with Gasteiger partial charge in [-0.1, -0.05) is 43.9 Å². The number of carbonyl (C=O) groups is 1. The van der Waals surface area contributed by atoms with Crippen LogP contribution in [0.15, 0.2) is 24.3 Å². The Morgan fingerprint density at radius 2 is 1.72 bits per heavy atom. The lowest BCUT2D eigenvalue weighted by molar-refractivity contribution is -0.128. The van der Waals surface area contributed by atoms with Crippen molar-refractivity contribution in [2.24, 2.45) is 0 Å². The summed E-state index contributed by atoms with van der Waals surface area (Å²) in [5.74, 6) is -0.467. The van der Waals surface area contributed by atoms with Gasteiger partial charge >= 0.3 is 0 Å². The first-order valence-corrected chi connectivity index (χ1v) is 10.3. The lowest BCUT2D eigenvalue weighted by Crippen LogP contribution is -2.47. The van der Waals surface area contributed by atoms with Crippen LogP contribution in [0.3, 0.4) is 0 Å². The van der Waals surface area contributed by atoms with Crippen LogP contribution in [0.5, 0.6) is 0 Å². The molecule has 2 N–H and O–H groups in total. The molecular formula is C21H34Cl2FN3O2. The number of benzene rings is 1. The van der Waals surface area contributed by atoms with Gasteiger partial charge in [0.25, 0.3) is 0 Å². The van der Waals surface area contributed by atoms with E-state index < -0.39 is 6.04 Å². The third-order valence-corrected chi connectivity index (χ3v) is 5.57. The normalized spacial score (nSPS) is 19.3. The number of rotatable bonds is 7. The van der Waals surface area contributed by atoms with Crippen molar-refractivity contribution in [3.05, 3.63) is 35.6 Å². The van der Waals surface area contributed by atoms with E-state index in [2.05, 4.69) is 10.6 Å². The van der Waals surface area contributed by atoms with Crippen LogP contribution in [-0.2, 0) is 9.53 Å². The number of morpholine rings is 1. The van der Waals surface area contributed by atoms with Gasteiger partial charge in [0.15, 0.2) is 0 Å². The Morgan fingerprint density at radius 3 is 2.38 bits per heavy atom. The van der Waals surface area contributed by atoms with E-state index in [9.17, 15) is 9.18 Å². The third-order valence-electron chi connectivity index (χ3n) is 5.57. The molecule has 0 spiro atoms. The molecule has 1 heterocycles. The highest BCUT2D eigenvalue weighted by molar-refractivity contribution is 5.85. The van der Waals surface area contributed by atoms with Gasteiger partial charge in [0, 0.05) is 37.8 Å². The molecule has 5 nitrogen and oxygen atoms in total. The number of nitrogens with one attached hydrogen (secondary N) is 2. The van der Waals surface area contributed by atoms with Crippen LogP contribution in [0.4, 0.5) is 4.39 Å². The molecule has 0 radical (unpaired) electrons. The van der Waals surface area contributed by atoms with E-state index in [1.54, 1.807) is 18.2 Å². The fourth-order valence-electron chi connectivity index (χ4n) is 4.08. The van der Waals surface area contributed by atoms with Gasteiger partial charge in [0.05, 0.1) is 13.2 Å². The molecule has 2 fully saturated rings. The van der Waals surface area contributed by atoms with Crippen molar-refractivity contribution in [1.82, 2.24) is 15.5 Å². The molecule has 8 heteroatoms. The first kappa shape index (κ1) is 26.1. The molecule has 0 aromatic heterocycles. The quantitative estimate of drug-likeness (QED) is 0.494. The van der Waals surface area contributed by atoms with Gasteiger partial charge in [-0.3, -0.25) is 9.69 Å². The van der Waals surface area contributed by atoms with Crippen LogP contribution >= 0.6 is 24.8 Å². The second-order valence-corrected chi connectivity index (χ2v) is 7.51. The molecule has 1 aromatic rings. The van der Waals surface area contributed by atoms with Gasteiger partial charge in [0.2, 0.25) is 5.91 Å². The fraction of sp³-hybridized carbons (Fsp3) is 0.667. The monoisotopic (exact) mass is 449 g/mol. The number of hydrogen-bond donors (Lipinski definition) is 2. The van der Waals surface area contributed by atoms with Crippen molar-refractivity contribution >= 4 is 30.7 Å². The zero-order valence-electron chi connectivity index (χ0n) is 16.9. The first-order valence-electron chi connectivity index (χ1n) is 10.3. The molecule has 1 saturated carbocycles. The highest BCUT2D eigenvalue weighted by atomic mass is 35.5. The molecule has 1 amide bonds. The van der Waals surface area contributed by atoms with Crippen molar-refractivity contribution in [1.29, 1.82) is 0 Å². The van der Waals surface area contributed by atoms with Gasteiger partial charge in [-0.15, -0.1) is 24.8 Å². The molecule has 1 unspecified atom stereocenters. The molecule has 29 heavy (non-hydrogen) atoms. The molecule has 2 aliphatic rings. The molecule has 1 aromatic carbocycles. The molecule has 1 aliphatic heterocycles. The summed E-state index contributed by atoms with van der Waals surface area (Å²) in [5.41, 5.74) is 0.439. The Hall–Kier alpha value is -0.920. The zero-order valence-corrected chi connectivity index (χ0v) is 18.5. The minimum Gasteiger partial charge on any atom is -0.379 e. The Morgan fingerprint density at radius 1 is 1.07 bits per heavy atom. The van der Waals surface area contributed by atoms with E-state index in [1.807, 2.05) is 4.90 Å². The summed E-state index contributed by atoms with van der Waals surface area (Å²) >= 11 is 0. The predicted molar refractivity (Wildman–Crippen MR) is 119 cm³/mol. The highest BCUT2D eigenvalue weighted by Crippen LogP contribution is 2.24. The lowest BCUT2D eigenvalue weighted by Gasteiger charge is -2.34. The number of halogens is 3. The van der Waals surface area contributed by atoms with Crippen molar-refractivity contribution in [2.45, 2.75) is 50.6 Å². The maximum atomic E-state index is 14.4. The summed E-state index contributed by atoms with van der Waals surface area (Å²) < 4.78 is 19.8. The van der Waals surface area contributed by atoms with Crippen LogP contribution in [0.25, 0.3) is 0 Å². The van der Waals surface area contributed by atoms with Gasteiger partial charge in [-0.25, -0.2) is 4.39 Å². The van der Waals surface area contributed by atoms with E-state index in [0.717, 1.165) is 6.54 Å². The first-order chi connectivity index (χ1) is 13.3. The molecule has 1 saturated heterocycles. The Labute approximate surface area is 186 Å². The van der Waals surface area contributed by atoms with E-state index in [-0.39, 0.29) is 36.5 Å². The largest absolute Gasteiger partial charge is 0.379 e. The van der Waals surface area contributed by atoms with Crippen molar-refractivity contribution in [2.75, 3.05) is 39.4 Å². The summed E-state index contributed by atoms with van der Waals surface area (Å²) in [4.78, 5) is 14.9. The Bertz CT molecular complexity index is 595. The molecular weight excluding hydrogens is 416 g/mol. The standard InChI is InChI=1S/C21H32FN3O2.2ClH/c22-19-10-6-5-9-18(19)20(25-13-15-27-16-14-25)21(26)24-12-11-23-17-7-3-1-2-4-8-17;;/h5-6,9-10,17,20,23H,1-4,7-8,11-16H2,(H,24,26);2*1H. The van der Waals surface area contributed by atoms with Crippen molar-refractivity contribution in [3.63, 3.8) is 0 Å². The summed E-state index contributed by atoms with van der Waals surface area (Å²) in [7, 11) is 0. The molecule has 1 atom stereocenters. The van der Waals surface area contributed by atoms with Gasteiger partial charge < -0.3 is 15.4 Å². The van der Waals surface area contributed by atoms with Gasteiger partial charge in [-0.2, -0.15) is 0 Å². The molecule has 1 aliphatic carbocycles. The minimum absolute atomic E-state index is 0. The highest BCUT2D eigenvalue weighted by Gasteiger charge is 2.30. The second-order valence-electron chi connectivity index (χ2n) is 7.51. The second kappa shape index (κ2) is 14.1. The van der Waals surface area contributed by atoms with Crippen molar-refractivity contribution < 1.29 is 13.9 Å². The molecule has 3 rings (SSSR count). The maximum Gasteiger partial charge on any atom is 0.242 e. The van der Waals surface area contributed by atoms with Crippen LogP contribution in [0, 0.1) is 5.82 Å². The number of hydrogen-bond acceptors (Lipinski definition) is 4. The van der Waals surface area contributed by atoms with Crippen LogP contribution in [-0.4, -0.2) is 56.2 Å². The number of amides is 1. The van der Waals surface area contributed by atoms with Gasteiger partial charge in [0.1, 0.15) is 11.9 Å². The summed E-state index contributed by atoms with van der Waals surface area (Å²) in [6.45, 7) is 3.72. The average molecular weight is 450 g/mol. The average Bonchev–Trinajstić information content (AvgIpc) is 2.97. The number of carbonyl (C=O) groups excluding carboxylic acids is 1. The minimum atomic E-state index is -0.604. The number of ether oxygens (including phenoxy) is 1. The Balaban J connectivity index is 0.00000210. The SMILES string of the molecule is Cl.Cl.O=C(NCCNC1CCCCCC1)C(c1ccccc1F)N1CCOCC1. The zero-order chi connectivity index (χ0) is 18.9. The summed E-state index contributed by atoms with van der Waals surface area (Å²) in [6.07, 6.45) is 7.68.